The molecule has 1 aromatic carbocycles. The molecular formula is C21H32N4O3. The van der Waals surface area contributed by atoms with Gasteiger partial charge in [-0.2, -0.15) is 0 Å². The number of carbonyl (C=O) groups is 2. The SMILES string of the molecule is CN(C)CCCN1CC(C(=O)Nc2ccc(CN3CCOCC3)cc2)CC1=O. The van der Waals surface area contributed by atoms with Crippen LogP contribution < -0.4 is 5.32 Å². The van der Waals surface area contributed by atoms with Gasteiger partial charge in [0, 0.05) is 44.8 Å². The van der Waals surface area contributed by atoms with Gasteiger partial charge in [-0.15, -0.1) is 0 Å². The van der Waals surface area contributed by atoms with Crippen LogP contribution in [0.4, 0.5) is 5.69 Å². The molecule has 2 heterocycles. The maximum absolute atomic E-state index is 12.6. The molecule has 0 aromatic heterocycles. The summed E-state index contributed by atoms with van der Waals surface area (Å²) in [5.74, 6) is -0.246. The summed E-state index contributed by atoms with van der Waals surface area (Å²) >= 11 is 0. The molecule has 1 atom stereocenters. The monoisotopic (exact) mass is 388 g/mol. The van der Waals surface area contributed by atoms with Gasteiger partial charge in [-0.1, -0.05) is 12.1 Å². The predicted molar refractivity (Wildman–Crippen MR) is 109 cm³/mol. The lowest BCUT2D eigenvalue weighted by Gasteiger charge is -2.26. The molecule has 7 nitrogen and oxygen atoms in total. The number of carbonyl (C=O) groups excluding carboxylic acids is 2. The Morgan fingerprint density at radius 3 is 2.61 bits per heavy atom. The number of rotatable bonds is 8. The molecule has 0 spiro atoms. The minimum absolute atomic E-state index is 0.0654. The predicted octanol–water partition coefficient (Wildman–Crippen LogP) is 1.26. The molecule has 154 valence electrons. The van der Waals surface area contributed by atoms with Gasteiger partial charge in [0.25, 0.3) is 0 Å². The van der Waals surface area contributed by atoms with Crippen LogP contribution >= 0.6 is 0 Å². The highest BCUT2D eigenvalue weighted by Crippen LogP contribution is 2.21. The zero-order valence-corrected chi connectivity index (χ0v) is 17.0. The van der Waals surface area contributed by atoms with Gasteiger partial charge < -0.3 is 19.9 Å². The van der Waals surface area contributed by atoms with Crippen LogP contribution in [0.5, 0.6) is 0 Å². The maximum Gasteiger partial charge on any atom is 0.229 e. The van der Waals surface area contributed by atoms with Crippen molar-refractivity contribution < 1.29 is 14.3 Å². The van der Waals surface area contributed by atoms with Crippen LogP contribution in [0.3, 0.4) is 0 Å². The van der Waals surface area contributed by atoms with Gasteiger partial charge in [0.05, 0.1) is 19.1 Å². The number of morpholine rings is 1. The van der Waals surface area contributed by atoms with Crippen molar-refractivity contribution in [3.05, 3.63) is 29.8 Å². The van der Waals surface area contributed by atoms with E-state index in [9.17, 15) is 9.59 Å². The average Bonchev–Trinajstić information content (AvgIpc) is 3.05. The molecule has 2 aliphatic rings. The fraction of sp³-hybridized carbons (Fsp3) is 0.619. The van der Waals surface area contributed by atoms with Crippen LogP contribution in [0, 0.1) is 5.92 Å². The molecule has 2 saturated heterocycles. The van der Waals surface area contributed by atoms with E-state index in [1.165, 1.54) is 5.56 Å². The Hall–Kier alpha value is -1.96. The fourth-order valence-electron chi connectivity index (χ4n) is 3.70. The number of hydrogen-bond acceptors (Lipinski definition) is 5. The van der Waals surface area contributed by atoms with Crippen molar-refractivity contribution in [2.24, 2.45) is 5.92 Å². The second kappa shape index (κ2) is 10.0. The van der Waals surface area contributed by atoms with Crippen molar-refractivity contribution in [3.8, 4) is 0 Å². The zero-order valence-electron chi connectivity index (χ0n) is 17.0. The van der Waals surface area contributed by atoms with Crippen molar-refractivity contribution in [2.75, 3.05) is 65.3 Å². The molecule has 1 aromatic rings. The molecular weight excluding hydrogens is 356 g/mol. The molecule has 2 fully saturated rings. The highest BCUT2D eigenvalue weighted by Gasteiger charge is 2.33. The van der Waals surface area contributed by atoms with E-state index in [1.54, 1.807) is 0 Å². The Kier molecular flexibility index (Phi) is 7.42. The Morgan fingerprint density at radius 2 is 1.93 bits per heavy atom. The van der Waals surface area contributed by atoms with E-state index >= 15 is 0 Å². The van der Waals surface area contributed by atoms with E-state index in [1.807, 2.05) is 31.1 Å². The Bertz CT molecular complexity index is 656. The summed E-state index contributed by atoms with van der Waals surface area (Å²) < 4.78 is 5.38. The van der Waals surface area contributed by atoms with Crippen LogP contribution in [0.25, 0.3) is 0 Å². The lowest BCUT2D eigenvalue weighted by atomic mass is 10.1. The second-order valence-electron chi connectivity index (χ2n) is 7.97. The topological polar surface area (TPSA) is 65.1 Å². The molecule has 2 amide bonds. The lowest BCUT2D eigenvalue weighted by molar-refractivity contribution is -0.128. The first kappa shape index (κ1) is 20.8. The first-order chi connectivity index (χ1) is 13.5. The van der Waals surface area contributed by atoms with Gasteiger partial charge in [-0.05, 0) is 44.8 Å². The fourth-order valence-corrected chi connectivity index (χ4v) is 3.70. The molecule has 0 radical (unpaired) electrons. The van der Waals surface area contributed by atoms with Gasteiger partial charge >= 0.3 is 0 Å². The largest absolute Gasteiger partial charge is 0.379 e. The van der Waals surface area contributed by atoms with Crippen LogP contribution in [0.1, 0.15) is 18.4 Å². The number of anilines is 1. The Labute approximate surface area is 167 Å². The zero-order chi connectivity index (χ0) is 19.9. The van der Waals surface area contributed by atoms with E-state index < -0.39 is 0 Å². The van der Waals surface area contributed by atoms with Gasteiger partial charge in [0.2, 0.25) is 11.8 Å². The summed E-state index contributed by atoms with van der Waals surface area (Å²) in [6.45, 7) is 6.58. The van der Waals surface area contributed by atoms with Crippen molar-refractivity contribution in [1.29, 1.82) is 0 Å². The van der Waals surface area contributed by atoms with Gasteiger partial charge in [-0.3, -0.25) is 14.5 Å². The standard InChI is InChI=1S/C21H32N4O3/c1-23(2)8-3-9-25-16-18(14-20(25)26)21(27)22-19-6-4-17(5-7-19)15-24-10-12-28-13-11-24/h4-7,18H,3,8-16H2,1-2H3,(H,22,27). The summed E-state index contributed by atoms with van der Waals surface area (Å²) in [4.78, 5) is 31.0. The number of hydrogen-bond donors (Lipinski definition) is 1. The number of ether oxygens (including phenoxy) is 1. The number of amides is 2. The maximum atomic E-state index is 12.6. The van der Waals surface area contributed by atoms with Crippen LogP contribution in [-0.2, 0) is 20.9 Å². The van der Waals surface area contributed by atoms with E-state index in [0.717, 1.165) is 58.0 Å². The third-order valence-corrected chi connectivity index (χ3v) is 5.35. The van der Waals surface area contributed by atoms with Gasteiger partial charge in [-0.25, -0.2) is 0 Å². The van der Waals surface area contributed by atoms with Gasteiger partial charge in [0.15, 0.2) is 0 Å². The molecule has 3 rings (SSSR count). The average molecular weight is 389 g/mol. The number of nitrogens with zero attached hydrogens (tertiary/aromatic N) is 3. The van der Waals surface area contributed by atoms with Crippen molar-refractivity contribution in [2.45, 2.75) is 19.4 Å². The highest BCUT2D eigenvalue weighted by atomic mass is 16.5. The molecule has 28 heavy (non-hydrogen) atoms. The van der Waals surface area contributed by atoms with E-state index in [-0.39, 0.29) is 17.7 Å². The molecule has 1 unspecified atom stereocenters. The summed E-state index contributed by atoms with van der Waals surface area (Å²) in [6, 6.07) is 8.00. The number of likely N-dealkylation sites (tertiary alicyclic amines) is 1. The van der Waals surface area contributed by atoms with E-state index in [2.05, 4.69) is 27.2 Å². The normalized spacial score (nSPS) is 20.8. The minimum Gasteiger partial charge on any atom is -0.379 e. The first-order valence-corrected chi connectivity index (χ1v) is 10.1. The number of benzene rings is 1. The second-order valence-corrected chi connectivity index (χ2v) is 7.97. The minimum atomic E-state index is -0.264. The first-order valence-electron chi connectivity index (χ1n) is 10.1. The molecule has 1 N–H and O–H groups in total. The summed E-state index contributed by atoms with van der Waals surface area (Å²) in [5.41, 5.74) is 2.01. The van der Waals surface area contributed by atoms with Crippen LogP contribution in [-0.4, -0.2) is 86.5 Å². The molecule has 2 aliphatic heterocycles. The highest BCUT2D eigenvalue weighted by molar-refractivity contribution is 5.97. The molecule has 7 heteroatoms. The molecule has 0 saturated carbocycles. The van der Waals surface area contributed by atoms with E-state index in [0.29, 0.717) is 13.0 Å². The van der Waals surface area contributed by atoms with E-state index in [4.69, 9.17) is 4.74 Å². The smallest absolute Gasteiger partial charge is 0.229 e. The Morgan fingerprint density at radius 1 is 1.21 bits per heavy atom. The summed E-state index contributed by atoms with van der Waals surface area (Å²) in [5, 5.41) is 2.97. The Balaban J connectivity index is 1.45. The lowest BCUT2D eigenvalue weighted by Crippen LogP contribution is -2.35. The quantitative estimate of drug-likeness (QED) is 0.726. The van der Waals surface area contributed by atoms with Crippen molar-refractivity contribution >= 4 is 17.5 Å². The van der Waals surface area contributed by atoms with Crippen LogP contribution in [0.15, 0.2) is 24.3 Å². The molecule has 0 aliphatic carbocycles. The van der Waals surface area contributed by atoms with Crippen molar-refractivity contribution in [3.63, 3.8) is 0 Å². The van der Waals surface area contributed by atoms with Gasteiger partial charge in [0.1, 0.15) is 0 Å². The third-order valence-electron chi connectivity index (χ3n) is 5.35. The van der Waals surface area contributed by atoms with Crippen molar-refractivity contribution in [1.82, 2.24) is 14.7 Å². The third kappa shape index (κ3) is 6.02. The number of nitrogens with one attached hydrogen (secondary N) is 1. The summed E-state index contributed by atoms with van der Waals surface area (Å²) in [6.07, 6.45) is 1.24. The summed E-state index contributed by atoms with van der Waals surface area (Å²) in [7, 11) is 4.04. The molecule has 0 bridgehead atoms. The van der Waals surface area contributed by atoms with Crippen LogP contribution in [0.2, 0.25) is 0 Å².